The summed E-state index contributed by atoms with van der Waals surface area (Å²) in [5.74, 6) is -0.930. The molecule has 160 valence electrons. The number of carbonyl (C=O) groups excluding carboxylic acids is 1. The van der Waals surface area contributed by atoms with E-state index in [2.05, 4.69) is 9.97 Å². The highest BCUT2D eigenvalue weighted by atomic mass is 19.1. The van der Waals surface area contributed by atoms with Crippen molar-refractivity contribution < 1.29 is 13.9 Å². The van der Waals surface area contributed by atoms with Crippen LogP contribution in [-0.2, 0) is 17.6 Å². The molecular formula is C26H22FN3O2. The Morgan fingerprint density at radius 3 is 2.22 bits per heavy atom. The van der Waals surface area contributed by atoms with E-state index >= 15 is 0 Å². The molecule has 0 aliphatic heterocycles. The fourth-order valence-corrected chi connectivity index (χ4v) is 3.33. The number of nitrogens with two attached hydrogens (primary N) is 1. The molecule has 2 N–H and O–H groups in total. The Kier molecular flexibility index (Phi) is 6.63. The number of carbonyl (C=O) groups is 1. The Morgan fingerprint density at radius 2 is 1.53 bits per heavy atom. The third-order valence-electron chi connectivity index (χ3n) is 4.97. The molecule has 1 unspecified atom stereocenters. The molecule has 0 aliphatic carbocycles. The average molecular weight is 427 g/mol. The molecule has 4 aromatic rings. The first-order chi connectivity index (χ1) is 15.6. The maximum Gasteiger partial charge on any atom is 0.330 e. The summed E-state index contributed by atoms with van der Waals surface area (Å²) in [5, 5.41) is 0. The van der Waals surface area contributed by atoms with Crippen molar-refractivity contribution in [1.82, 2.24) is 9.97 Å². The number of hydrogen-bond donors (Lipinski definition) is 1. The summed E-state index contributed by atoms with van der Waals surface area (Å²) < 4.78 is 19.8. The SMILES string of the molecule is NC(Cc1ccccc1)C(=O)Oc1ncc(-c2ccccc2F)nc1Cc1ccccc1. The van der Waals surface area contributed by atoms with Crippen molar-refractivity contribution in [2.24, 2.45) is 5.73 Å². The third kappa shape index (κ3) is 5.22. The highest BCUT2D eigenvalue weighted by Crippen LogP contribution is 2.25. The molecule has 0 bridgehead atoms. The van der Waals surface area contributed by atoms with Crippen molar-refractivity contribution in [2.75, 3.05) is 0 Å². The second kappa shape index (κ2) is 9.94. The van der Waals surface area contributed by atoms with Gasteiger partial charge in [0.1, 0.15) is 17.6 Å². The standard InChI is InChI=1S/C26H22FN3O2/c27-21-14-8-7-13-20(21)24-17-29-25(23(30-24)16-19-11-5-2-6-12-19)32-26(31)22(28)15-18-9-3-1-4-10-18/h1-14,17,22H,15-16,28H2. The van der Waals surface area contributed by atoms with Gasteiger partial charge in [0.2, 0.25) is 5.88 Å². The molecule has 5 nitrogen and oxygen atoms in total. The van der Waals surface area contributed by atoms with Gasteiger partial charge in [-0.15, -0.1) is 0 Å². The van der Waals surface area contributed by atoms with Crippen LogP contribution in [-0.4, -0.2) is 22.0 Å². The van der Waals surface area contributed by atoms with Crippen LogP contribution >= 0.6 is 0 Å². The zero-order chi connectivity index (χ0) is 22.3. The largest absolute Gasteiger partial charge is 0.404 e. The predicted molar refractivity (Wildman–Crippen MR) is 120 cm³/mol. The molecule has 6 heteroatoms. The first-order valence-corrected chi connectivity index (χ1v) is 10.3. The number of benzene rings is 3. The molecule has 0 aliphatic rings. The lowest BCUT2D eigenvalue weighted by atomic mass is 10.1. The Morgan fingerprint density at radius 1 is 0.906 bits per heavy atom. The number of esters is 1. The minimum Gasteiger partial charge on any atom is -0.404 e. The van der Waals surface area contributed by atoms with Crippen LogP contribution in [0.1, 0.15) is 16.8 Å². The van der Waals surface area contributed by atoms with Gasteiger partial charge in [-0.1, -0.05) is 72.8 Å². The van der Waals surface area contributed by atoms with E-state index in [4.69, 9.17) is 10.5 Å². The summed E-state index contributed by atoms with van der Waals surface area (Å²) in [6, 6.07) is 24.6. The lowest BCUT2D eigenvalue weighted by Crippen LogP contribution is -2.36. The van der Waals surface area contributed by atoms with Gasteiger partial charge in [-0.2, -0.15) is 0 Å². The number of halogens is 1. The highest BCUT2D eigenvalue weighted by Gasteiger charge is 2.21. The van der Waals surface area contributed by atoms with Crippen molar-refractivity contribution in [3.05, 3.63) is 114 Å². The minimum absolute atomic E-state index is 0.0717. The average Bonchev–Trinajstić information content (AvgIpc) is 2.82. The van der Waals surface area contributed by atoms with E-state index in [1.807, 2.05) is 60.7 Å². The molecule has 1 atom stereocenters. The molecule has 0 saturated heterocycles. The van der Waals surface area contributed by atoms with Crippen molar-refractivity contribution >= 4 is 5.97 Å². The van der Waals surface area contributed by atoms with Gasteiger partial charge in [-0.25, -0.2) is 19.2 Å². The topological polar surface area (TPSA) is 78.1 Å². The van der Waals surface area contributed by atoms with Crippen molar-refractivity contribution in [1.29, 1.82) is 0 Å². The lowest BCUT2D eigenvalue weighted by Gasteiger charge is -2.14. The molecular weight excluding hydrogens is 405 g/mol. The van der Waals surface area contributed by atoms with Crippen LogP contribution in [0, 0.1) is 5.82 Å². The van der Waals surface area contributed by atoms with Crippen LogP contribution in [0.15, 0.2) is 91.1 Å². The van der Waals surface area contributed by atoms with E-state index in [1.165, 1.54) is 12.3 Å². The smallest absolute Gasteiger partial charge is 0.330 e. The number of nitrogens with zero attached hydrogens (tertiary/aromatic N) is 2. The highest BCUT2D eigenvalue weighted by molar-refractivity contribution is 5.78. The van der Waals surface area contributed by atoms with Gasteiger partial charge in [0, 0.05) is 12.0 Å². The van der Waals surface area contributed by atoms with Gasteiger partial charge in [0.25, 0.3) is 0 Å². The maximum absolute atomic E-state index is 14.3. The monoisotopic (exact) mass is 427 g/mol. The fraction of sp³-hybridized carbons (Fsp3) is 0.115. The molecule has 32 heavy (non-hydrogen) atoms. The number of hydrogen-bond acceptors (Lipinski definition) is 5. The summed E-state index contributed by atoms with van der Waals surface area (Å²) >= 11 is 0. The van der Waals surface area contributed by atoms with E-state index in [0.717, 1.165) is 11.1 Å². The van der Waals surface area contributed by atoms with Gasteiger partial charge in [-0.05, 0) is 29.7 Å². The summed E-state index contributed by atoms with van der Waals surface area (Å²) in [4.78, 5) is 21.5. The fourth-order valence-electron chi connectivity index (χ4n) is 3.33. The number of aromatic nitrogens is 2. The Balaban J connectivity index is 1.61. The Hall–Kier alpha value is -3.90. The first kappa shape index (κ1) is 21.3. The van der Waals surface area contributed by atoms with E-state index in [0.29, 0.717) is 29.8 Å². The summed E-state index contributed by atoms with van der Waals surface area (Å²) in [6.45, 7) is 0. The summed E-state index contributed by atoms with van der Waals surface area (Å²) in [7, 11) is 0. The second-order valence-electron chi connectivity index (χ2n) is 7.37. The Bertz CT molecular complexity index is 1200. The second-order valence-corrected chi connectivity index (χ2v) is 7.37. The van der Waals surface area contributed by atoms with Crippen LogP contribution < -0.4 is 10.5 Å². The van der Waals surface area contributed by atoms with Gasteiger partial charge >= 0.3 is 5.97 Å². The minimum atomic E-state index is -0.852. The molecule has 1 heterocycles. The van der Waals surface area contributed by atoms with E-state index < -0.39 is 17.8 Å². The third-order valence-corrected chi connectivity index (χ3v) is 4.97. The number of rotatable bonds is 7. The van der Waals surface area contributed by atoms with Crippen LogP contribution in [0.2, 0.25) is 0 Å². The van der Waals surface area contributed by atoms with E-state index in [9.17, 15) is 9.18 Å². The van der Waals surface area contributed by atoms with E-state index in [1.54, 1.807) is 18.2 Å². The molecule has 1 aromatic heterocycles. The quantitative estimate of drug-likeness (QED) is 0.444. The van der Waals surface area contributed by atoms with Crippen LogP contribution in [0.4, 0.5) is 4.39 Å². The first-order valence-electron chi connectivity index (χ1n) is 10.3. The normalized spacial score (nSPS) is 11.7. The van der Waals surface area contributed by atoms with Crippen LogP contribution in [0.3, 0.4) is 0 Å². The zero-order valence-electron chi connectivity index (χ0n) is 17.3. The van der Waals surface area contributed by atoms with Gasteiger partial charge in [0.15, 0.2) is 0 Å². The van der Waals surface area contributed by atoms with Crippen molar-refractivity contribution in [3.8, 4) is 17.1 Å². The molecule has 0 fully saturated rings. The van der Waals surface area contributed by atoms with Crippen molar-refractivity contribution in [2.45, 2.75) is 18.9 Å². The Labute approximate surface area is 185 Å². The maximum atomic E-state index is 14.3. The number of ether oxygens (including phenoxy) is 1. The lowest BCUT2D eigenvalue weighted by molar-refractivity contribution is -0.136. The predicted octanol–water partition coefficient (Wildman–Crippen LogP) is 4.35. The molecule has 3 aromatic carbocycles. The zero-order valence-corrected chi connectivity index (χ0v) is 17.3. The molecule has 0 amide bonds. The molecule has 4 rings (SSSR count). The summed E-state index contributed by atoms with van der Waals surface area (Å²) in [5.41, 5.74) is 9.08. The van der Waals surface area contributed by atoms with Crippen molar-refractivity contribution in [3.63, 3.8) is 0 Å². The van der Waals surface area contributed by atoms with Crippen LogP contribution in [0.5, 0.6) is 5.88 Å². The van der Waals surface area contributed by atoms with Crippen LogP contribution in [0.25, 0.3) is 11.3 Å². The summed E-state index contributed by atoms with van der Waals surface area (Å²) in [6.07, 6.45) is 2.11. The molecule has 0 spiro atoms. The molecule has 0 saturated carbocycles. The van der Waals surface area contributed by atoms with Gasteiger partial charge in [0.05, 0.1) is 11.9 Å². The van der Waals surface area contributed by atoms with Gasteiger partial charge in [-0.3, -0.25) is 0 Å². The molecule has 0 radical (unpaired) electrons. The van der Waals surface area contributed by atoms with E-state index in [-0.39, 0.29) is 5.88 Å². The van der Waals surface area contributed by atoms with Gasteiger partial charge < -0.3 is 10.5 Å².